The molecule has 0 saturated carbocycles. The molecule has 11 heteroatoms. The minimum Gasteiger partial charge on any atom is -0.462 e. The molecule has 3 nitrogen and oxygen atoms in total. The fourth-order valence-corrected chi connectivity index (χ4v) is 2.48. The molecule has 0 heterocycles. The minimum absolute atomic E-state index is 0.0428. The number of esters is 1. The summed E-state index contributed by atoms with van der Waals surface area (Å²) < 4.78 is 114. The standard InChI is InChI=1S/C19H28F8O3/c1-3-4-6-10-16(20,21)18(24,25)19(26,27)17(22,23)11-8-13-30-15(29)14(2)9-5-7-12-28/h28H,2-13H2,1H3. The number of halogens is 8. The van der Waals surface area contributed by atoms with Gasteiger partial charge in [0.05, 0.1) is 6.61 Å². The van der Waals surface area contributed by atoms with Gasteiger partial charge in [-0.25, -0.2) is 4.79 Å². The van der Waals surface area contributed by atoms with Gasteiger partial charge in [0.2, 0.25) is 0 Å². The van der Waals surface area contributed by atoms with Gasteiger partial charge in [-0.1, -0.05) is 26.3 Å². The summed E-state index contributed by atoms with van der Waals surface area (Å²) in [5, 5.41) is 8.62. The van der Waals surface area contributed by atoms with Crippen LogP contribution >= 0.6 is 0 Å². The monoisotopic (exact) mass is 456 g/mol. The second kappa shape index (κ2) is 11.9. The molecule has 0 aromatic heterocycles. The van der Waals surface area contributed by atoms with Crippen molar-refractivity contribution in [1.82, 2.24) is 0 Å². The average molecular weight is 456 g/mol. The van der Waals surface area contributed by atoms with E-state index in [0.29, 0.717) is 19.3 Å². The van der Waals surface area contributed by atoms with Crippen LogP contribution in [0.2, 0.25) is 0 Å². The molecule has 0 aliphatic carbocycles. The van der Waals surface area contributed by atoms with Crippen molar-refractivity contribution in [2.75, 3.05) is 13.2 Å². The molecule has 0 aromatic carbocycles. The summed E-state index contributed by atoms with van der Waals surface area (Å²) in [5.74, 6) is -24.3. The van der Waals surface area contributed by atoms with Gasteiger partial charge < -0.3 is 9.84 Å². The highest BCUT2D eigenvalue weighted by molar-refractivity contribution is 5.87. The second-order valence-electron chi connectivity index (χ2n) is 7.04. The Balaban J connectivity index is 4.84. The first kappa shape index (κ1) is 28.6. The van der Waals surface area contributed by atoms with E-state index in [4.69, 9.17) is 5.11 Å². The van der Waals surface area contributed by atoms with Crippen LogP contribution in [0.15, 0.2) is 12.2 Å². The first-order chi connectivity index (χ1) is 13.7. The molecule has 0 atom stereocenters. The SMILES string of the molecule is C=C(CCCCO)C(=O)OCCCC(F)(F)C(F)(F)C(F)(F)C(F)(F)CCCCC. The van der Waals surface area contributed by atoms with Crippen LogP contribution in [-0.4, -0.2) is 48.0 Å². The Morgan fingerprint density at radius 3 is 1.80 bits per heavy atom. The highest BCUT2D eigenvalue weighted by Crippen LogP contribution is 2.55. The Kier molecular flexibility index (Phi) is 11.3. The van der Waals surface area contributed by atoms with Crippen LogP contribution in [-0.2, 0) is 9.53 Å². The first-order valence-corrected chi connectivity index (χ1v) is 9.65. The Hall–Kier alpha value is -1.39. The van der Waals surface area contributed by atoms with E-state index < -0.39 is 61.9 Å². The number of alkyl halides is 8. The Labute approximate surface area is 170 Å². The molecule has 0 amide bonds. The molecular formula is C19H28F8O3. The van der Waals surface area contributed by atoms with Gasteiger partial charge >= 0.3 is 29.7 Å². The van der Waals surface area contributed by atoms with E-state index in [1.807, 2.05) is 0 Å². The van der Waals surface area contributed by atoms with E-state index in [-0.39, 0.29) is 25.0 Å². The molecule has 0 aliphatic rings. The van der Waals surface area contributed by atoms with E-state index in [0.717, 1.165) is 0 Å². The lowest BCUT2D eigenvalue weighted by molar-refractivity contribution is -0.368. The van der Waals surface area contributed by atoms with E-state index >= 15 is 0 Å². The van der Waals surface area contributed by atoms with Crippen LogP contribution in [0.1, 0.15) is 64.7 Å². The highest BCUT2D eigenvalue weighted by Gasteiger charge is 2.79. The number of aliphatic hydroxyl groups is 1. The van der Waals surface area contributed by atoms with E-state index in [1.54, 1.807) is 6.92 Å². The number of carbonyl (C=O) groups excluding carboxylic acids is 1. The van der Waals surface area contributed by atoms with Gasteiger partial charge in [0.25, 0.3) is 0 Å². The quantitative estimate of drug-likeness (QED) is 0.131. The van der Waals surface area contributed by atoms with Gasteiger partial charge in [-0.15, -0.1) is 0 Å². The smallest absolute Gasteiger partial charge is 0.378 e. The second-order valence-corrected chi connectivity index (χ2v) is 7.04. The number of rotatable bonds is 16. The summed E-state index contributed by atoms with van der Waals surface area (Å²) >= 11 is 0. The molecule has 178 valence electrons. The molecule has 0 fully saturated rings. The lowest BCUT2D eigenvalue weighted by atomic mass is 9.93. The molecule has 0 bridgehead atoms. The van der Waals surface area contributed by atoms with Gasteiger partial charge in [0.1, 0.15) is 0 Å². The number of hydrogen-bond donors (Lipinski definition) is 1. The third-order valence-electron chi connectivity index (χ3n) is 4.45. The molecule has 30 heavy (non-hydrogen) atoms. The van der Waals surface area contributed by atoms with Crippen molar-refractivity contribution < 1.29 is 49.8 Å². The summed E-state index contributed by atoms with van der Waals surface area (Å²) in [6.07, 6.45) is -3.66. The fraction of sp³-hybridized carbons (Fsp3) is 0.842. The number of hydrogen-bond acceptors (Lipinski definition) is 3. The van der Waals surface area contributed by atoms with Crippen molar-refractivity contribution in [2.45, 2.75) is 88.4 Å². The molecule has 0 saturated heterocycles. The van der Waals surface area contributed by atoms with Crippen molar-refractivity contribution in [3.8, 4) is 0 Å². The van der Waals surface area contributed by atoms with Crippen molar-refractivity contribution in [3.05, 3.63) is 12.2 Å². The van der Waals surface area contributed by atoms with Crippen LogP contribution in [0.3, 0.4) is 0 Å². The van der Waals surface area contributed by atoms with Gasteiger partial charge in [0, 0.05) is 25.0 Å². The lowest BCUT2D eigenvalue weighted by Crippen LogP contribution is -2.62. The van der Waals surface area contributed by atoms with Gasteiger partial charge in [0.15, 0.2) is 0 Å². The number of unbranched alkanes of at least 4 members (excludes halogenated alkanes) is 3. The number of carbonyl (C=O) groups is 1. The van der Waals surface area contributed by atoms with Crippen LogP contribution in [0, 0.1) is 0 Å². The van der Waals surface area contributed by atoms with E-state index in [1.165, 1.54) is 0 Å². The van der Waals surface area contributed by atoms with E-state index in [9.17, 15) is 39.9 Å². The molecule has 0 unspecified atom stereocenters. The molecule has 0 spiro atoms. The first-order valence-electron chi connectivity index (χ1n) is 9.65. The van der Waals surface area contributed by atoms with Crippen molar-refractivity contribution in [2.24, 2.45) is 0 Å². The largest absolute Gasteiger partial charge is 0.462 e. The third-order valence-corrected chi connectivity index (χ3v) is 4.45. The summed E-state index contributed by atoms with van der Waals surface area (Å²) in [4.78, 5) is 11.5. The molecule has 1 N–H and O–H groups in total. The van der Waals surface area contributed by atoms with E-state index in [2.05, 4.69) is 11.3 Å². The van der Waals surface area contributed by atoms with Gasteiger partial charge in [-0.2, -0.15) is 35.1 Å². The van der Waals surface area contributed by atoms with Gasteiger partial charge in [-0.3, -0.25) is 0 Å². The van der Waals surface area contributed by atoms with Crippen LogP contribution in [0.5, 0.6) is 0 Å². The fourth-order valence-electron chi connectivity index (χ4n) is 2.48. The summed E-state index contributed by atoms with van der Waals surface area (Å²) in [5.41, 5.74) is -0.0428. The molecule has 0 aliphatic heterocycles. The average Bonchev–Trinajstić information content (AvgIpc) is 2.64. The summed E-state index contributed by atoms with van der Waals surface area (Å²) in [6.45, 7) is 4.02. The van der Waals surface area contributed by atoms with Crippen molar-refractivity contribution in [3.63, 3.8) is 0 Å². The number of ether oxygens (including phenoxy) is 1. The molecule has 0 rings (SSSR count). The molecule has 0 radical (unpaired) electrons. The maximum atomic E-state index is 13.8. The maximum Gasteiger partial charge on any atom is 0.378 e. The Bertz CT molecular complexity index is 550. The zero-order chi connectivity index (χ0) is 23.6. The zero-order valence-corrected chi connectivity index (χ0v) is 16.8. The highest BCUT2D eigenvalue weighted by atomic mass is 19.4. The molecule has 0 aromatic rings. The topological polar surface area (TPSA) is 46.5 Å². The normalized spacial score (nSPS) is 13.4. The number of aliphatic hydroxyl groups excluding tert-OH is 1. The Morgan fingerprint density at radius 2 is 1.33 bits per heavy atom. The predicted molar refractivity (Wildman–Crippen MR) is 94.2 cm³/mol. The third kappa shape index (κ3) is 7.39. The zero-order valence-electron chi connectivity index (χ0n) is 16.8. The van der Waals surface area contributed by atoms with Crippen molar-refractivity contribution >= 4 is 5.97 Å². The Morgan fingerprint density at radius 1 is 0.833 bits per heavy atom. The summed E-state index contributed by atoms with van der Waals surface area (Å²) in [6, 6.07) is 0. The van der Waals surface area contributed by atoms with Crippen LogP contribution in [0.25, 0.3) is 0 Å². The maximum absolute atomic E-state index is 13.8. The minimum atomic E-state index is -6.30. The summed E-state index contributed by atoms with van der Waals surface area (Å²) in [7, 11) is 0. The van der Waals surface area contributed by atoms with Crippen LogP contribution < -0.4 is 0 Å². The van der Waals surface area contributed by atoms with Crippen LogP contribution in [0.4, 0.5) is 35.1 Å². The molecular weight excluding hydrogens is 428 g/mol. The lowest BCUT2D eigenvalue weighted by Gasteiger charge is -2.37. The predicted octanol–water partition coefficient (Wildman–Crippen LogP) is 6.15. The van der Waals surface area contributed by atoms with Gasteiger partial charge in [-0.05, 0) is 32.1 Å². The van der Waals surface area contributed by atoms with Crippen molar-refractivity contribution in [1.29, 1.82) is 0 Å².